The van der Waals surface area contributed by atoms with Gasteiger partial charge in [-0.05, 0) is 31.9 Å². The van der Waals surface area contributed by atoms with Crippen LogP contribution in [-0.4, -0.2) is 11.3 Å². The summed E-state index contributed by atoms with van der Waals surface area (Å²) in [4.78, 5) is 12.4. The van der Waals surface area contributed by atoms with Gasteiger partial charge in [0.2, 0.25) is 0 Å². The van der Waals surface area contributed by atoms with Gasteiger partial charge in [0.15, 0.2) is 0 Å². The molecular formula is C15H23NO. The van der Waals surface area contributed by atoms with Crippen LogP contribution >= 0.6 is 0 Å². The van der Waals surface area contributed by atoms with Crippen LogP contribution in [0.3, 0.4) is 0 Å². The summed E-state index contributed by atoms with van der Waals surface area (Å²) in [6.07, 6.45) is 0.459. The van der Waals surface area contributed by atoms with Crippen molar-refractivity contribution in [2.24, 2.45) is 11.1 Å². The van der Waals surface area contributed by atoms with Gasteiger partial charge >= 0.3 is 0 Å². The second-order valence-corrected chi connectivity index (χ2v) is 5.87. The van der Waals surface area contributed by atoms with Crippen LogP contribution < -0.4 is 5.73 Å². The largest absolute Gasteiger partial charge is 0.325 e. The highest BCUT2D eigenvalue weighted by Crippen LogP contribution is 2.30. The van der Waals surface area contributed by atoms with E-state index in [0.29, 0.717) is 6.42 Å². The van der Waals surface area contributed by atoms with E-state index in [0.717, 1.165) is 11.1 Å². The molecule has 0 aliphatic carbocycles. The maximum atomic E-state index is 12.4. The van der Waals surface area contributed by atoms with Gasteiger partial charge in [-0.2, -0.15) is 0 Å². The first-order chi connectivity index (χ1) is 7.66. The zero-order chi connectivity index (χ0) is 13.3. The maximum Gasteiger partial charge on any atom is 0.144 e. The minimum Gasteiger partial charge on any atom is -0.325 e. The van der Waals surface area contributed by atoms with Crippen molar-refractivity contribution >= 4 is 5.78 Å². The molecule has 1 rings (SSSR count). The lowest BCUT2D eigenvalue weighted by Crippen LogP contribution is -2.52. The zero-order valence-corrected chi connectivity index (χ0v) is 11.5. The number of aryl methyl sites for hydroxylation is 1. The van der Waals surface area contributed by atoms with Crippen molar-refractivity contribution in [1.29, 1.82) is 0 Å². The van der Waals surface area contributed by atoms with Gasteiger partial charge in [-0.15, -0.1) is 0 Å². The predicted molar refractivity (Wildman–Crippen MR) is 71.9 cm³/mol. The summed E-state index contributed by atoms with van der Waals surface area (Å²) in [6, 6.07) is 7.99. The Hall–Kier alpha value is -1.15. The highest BCUT2D eigenvalue weighted by Gasteiger charge is 2.39. The zero-order valence-electron chi connectivity index (χ0n) is 11.5. The second kappa shape index (κ2) is 4.61. The standard InChI is InChI=1S/C15H23NO/c1-11-8-6-7-9-12(11)10-13(17)14(2,3)15(4,5)16/h6-9H,10,16H2,1-5H3. The molecule has 0 spiro atoms. The van der Waals surface area contributed by atoms with E-state index in [4.69, 9.17) is 5.73 Å². The molecule has 94 valence electrons. The smallest absolute Gasteiger partial charge is 0.144 e. The Labute approximate surface area is 104 Å². The van der Waals surface area contributed by atoms with E-state index in [-0.39, 0.29) is 5.78 Å². The van der Waals surface area contributed by atoms with Gasteiger partial charge in [-0.3, -0.25) is 4.79 Å². The number of ketones is 1. The van der Waals surface area contributed by atoms with E-state index in [2.05, 4.69) is 0 Å². The number of hydrogen-bond acceptors (Lipinski definition) is 2. The molecule has 0 aliphatic rings. The number of nitrogens with two attached hydrogens (primary N) is 1. The molecule has 0 saturated carbocycles. The quantitative estimate of drug-likeness (QED) is 0.869. The van der Waals surface area contributed by atoms with Crippen LogP contribution in [0.25, 0.3) is 0 Å². The summed E-state index contributed by atoms with van der Waals surface area (Å²) in [5.41, 5.74) is 7.31. The number of Topliss-reactive ketones (excluding diaryl/α,β-unsaturated/α-hetero) is 1. The van der Waals surface area contributed by atoms with Crippen LogP contribution in [-0.2, 0) is 11.2 Å². The Balaban J connectivity index is 2.91. The molecule has 0 unspecified atom stereocenters. The number of carbonyl (C=O) groups excluding carboxylic acids is 1. The van der Waals surface area contributed by atoms with Crippen molar-refractivity contribution in [1.82, 2.24) is 0 Å². The molecule has 0 heterocycles. The molecule has 2 N–H and O–H groups in total. The maximum absolute atomic E-state index is 12.4. The third kappa shape index (κ3) is 2.95. The first kappa shape index (κ1) is 13.9. The lowest BCUT2D eigenvalue weighted by atomic mass is 9.70. The fourth-order valence-corrected chi connectivity index (χ4v) is 1.56. The first-order valence-corrected chi connectivity index (χ1v) is 6.03. The van der Waals surface area contributed by atoms with Crippen molar-refractivity contribution in [3.63, 3.8) is 0 Å². The topological polar surface area (TPSA) is 43.1 Å². The Bertz CT molecular complexity index is 413. The van der Waals surface area contributed by atoms with E-state index in [1.54, 1.807) is 0 Å². The number of benzene rings is 1. The van der Waals surface area contributed by atoms with Crippen molar-refractivity contribution in [2.45, 2.75) is 46.6 Å². The van der Waals surface area contributed by atoms with Crippen molar-refractivity contribution in [2.75, 3.05) is 0 Å². The first-order valence-electron chi connectivity index (χ1n) is 6.03. The van der Waals surface area contributed by atoms with E-state index < -0.39 is 11.0 Å². The summed E-state index contributed by atoms with van der Waals surface area (Å²) in [7, 11) is 0. The van der Waals surface area contributed by atoms with E-state index >= 15 is 0 Å². The molecule has 0 aromatic heterocycles. The molecule has 17 heavy (non-hydrogen) atoms. The van der Waals surface area contributed by atoms with Crippen molar-refractivity contribution < 1.29 is 4.79 Å². The molecular weight excluding hydrogens is 210 g/mol. The van der Waals surface area contributed by atoms with Gasteiger partial charge in [0, 0.05) is 17.4 Å². The average Bonchev–Trinajstić information content (AvgIpc) is 2.19. The molecule has 0 radical (unpaired) electrons. The lowest BCUT2D eigenvalue weighted by Gasteiger charge is -2.37. The monoisotopic (exact) mass is 233 g/mol. The van der Waals surface area contributed by atoms with Gasteiger partial charge in [-0.25, -0.2) is 0 Å². The van der Waals surface area contributed by atoms with Gasteiger partial charge < -0.3 is 5.73 Å². The van der Waals surface area contributed by atoms with Crippen molar-refractivity contribution in [3.05, 3.63) is 35.4 Å². The molecule has 1 aromatic carbocycles. The Kier molecular flexibility index (Phi) is 3.78. The van der Waals surface area contributed by atoms with Crippen LogP contribution in [0.2, 0.25) is 0 Å². The number of carbonyl (C=O) groups is 1. The van der Waals surface area contributed by atoms with Gasteiger partial charge in [0.1, 0.15) is 5.78 Å². The lowest BCUT2D eigenvalue weighted by molar-refractivity contribution is -0.129. The number of rotatable bonds is 4. The van der Waals surface area contributed by atoms with Crippen LogP contribution in [0.15, 0.2) is 24.3 Å². The second-order valence-electron chi connectivity index (χ2n) is 5.87. The Morgan fingerprint density at radius 1 is 1.18 bits per heavy atom. The summed E-state index contributed by atoms with van der Waals surface area (Å²) < 4.78 is 0. The highest BCUT2D eigenvalue weighted by atomic mass is 16.1. The molecule has 0 amide bonds. The Morgan fingerprint density at radius 2 is 1.71 bits per heavy atom. The van der Waals surface area contributed by atoms with E-state index in [1.807, 2.05) is 58.9 Å². The normalized spacial score (nSPS) is 12.6. The average molecular weight is 233 g/mol. The SMILES string of the molecule is Cc1ccccc1CC(=O)C(C)(C)C(C)(C)N. The minimum atomic E-state index is -0.519. The third-order valence-electron chi connectivity index (χ3n) is 3.92. The molecule has 0 fully saturated rings. The molecule has 0 atom stereocenters. The van der Waals surface area contributed by atoms with E-state index in [1.165, 1.54) is 0 Å². The molecule has 0 bridgehead atoms. The summed E-state index contributed by atoms with van der Waals surface area (Å²) in [5, 5.41) is 0. The van der Waals surface area contributed by atoms with Crippen molar-refractivity contribution in [3.8, 4) is 0 Å². The van der Waals surface area contributed by atoms with Crippen LogP contribution in [0, 0.1) is 12.3 Å². The molecule has 2 heteroatoms. The summed E-state index contributed by atoms with van der Waals surface area (Å²) >= 11 is 0. The van der Waals surface area contributed by atoms with Crippen LogP contribution in [0.4, 0.5) is 0 Å². The van der Waals surface area contributed by atoms with Gasteiger partial charge in [0.25, 0.3) is 0 Å². The van der Waals surface area contributed by atoms with E-state index in [9.17, 15) is 4.79 Å². The van der Waals surface area contributed by atoms with Gasteiger partial charge in [0.05, 0.1) is 0 Å². The molecule has 0 aliphatic heterocycles. The Morgan fingerprint density at radius 3 is 2.18 bits per heavy atom. The van der Waals surface area contributed by atoms with Crippen LogP contribution in [0.1, 0.15) is 38.8 Å². The summed E-state index contributed by atoms with van der Waals surface area (Å²) in [6.45, 7) is 9.69. The third-order valence-corrected chi connectivity index (χ3v) is 3.92. The van der Waals surface area contributed by atoms with Crippen LogP contribution in [0.5, 0.6) is 0 Å². The summed E-state index contributed by atoms with van der Waals surface area (Å²) in [5.74, 6) is 0.194. The van der Waals surface area contributed by atoms with Gasteiger partial charge in [-0.1, -0.05) is 38.1 Å². The predicted octanol–water partition coefficient (Wildman–Crippen LogP) is 2.87. The molecule has 0 saturated heterocycles. The fourth-order valence-electron chi connectivity index (χ4n) is 1.56. The molecule has 2 nitrogen and oxygen atoms in total. The number of hydrogen-bond donors (Lipinski definition) is 1. The fraction of sp³-hybridized carbons (Fsp3) is 0.533. The minimum absolute atomic E-state index is 0.194. The highest BCUT2D eigenvalue weighted by molar-refractivity contribution is 5.87. The molecule has 1 aromatic rings.